The quantitative estimate of drug-likeness (QED) is 0.110. The fourth-order valence-electron chi connectivity index (χ4n) is 16.0. The number of guanidine groups is 4. The molecule has 580 valence electrons. The van der Waals surface area contributed by atoms with Crippen LogP contribution in [0.25, 0.3) is 33.2 Å². The number of carbonyl (C=O) groups is 4. The first-order valence-corrected chi connectivity index (χ1v) is 39.4. The second-order valence-electron chi connectivity index (χ2n) is 28.8. The molecule has 4 aliphatic carbocycles. The van der Waals surface area contributed by atoms with Gasteiger partial charge >= 0.3 is 0 Å². The highest BCUT2D eigenvalue weighted by molar-refractivity contribution is 6.47. The fraction of sp³-hybridized carbons (Fsp3) is 0.275. The van der Waals surface area contributed by atoms with Gasteiger partial charge in [0.25, 0.3) is 0 Å². The third kappa shape index (κ3) is 13.9. The standard InChI is InChI=1S/C26H29N5O.C23H21N5O.C22H21N3O2.C20H18N4O3/c1-4-30(5-2)26-27-23-20-8-6-7-9-21(20)25(32)22(24(23)28-26)18-10-12-19(13-11-18)31-16-14-29(3)15-17-31;1-4-28(5-2)23-24-20-14-10-6-7-11-15(14)22(29)18(21(20)25-23)19-16-12-8-9-13-17(16)27(3)26-19;1-4-25(5-2)22-23-19-16-8-6-7-9-17(16)21(26)18(20(19)24-22)14-10-12-15(27-3)13-11-14;1-11-15(12(2)27-23-11)16-18-17(13-5-3-4-6-14(13)19(16)25)21-20(22-18)24-7-9-26-10-8-24/h6-13H,4-5,14-17H2,1-3H3;6-13H,4-5H2,1-3H3;6-13H,4-5H2,1-3H3;3-6H,7-10H2,1-2H3. The number of allylic oxidation sites excluding steroid dienone is 8. The Morgan fingerprint density at radius 3 is 1.23 bits per heavy atom. The van der Waals surface area contributed by atoms with E-state index in [9.17, 15) is 19.2 Å². The Hall–Kier alpha value is -13.1. The van der Waals surface area contributed by atoms with E-state index in [2.05, 4.69) is 107 Å². The highest BCUT2D eigenvalue weighted by Gasteiger charge is 2.42. The molecule has 115 heavy (non-hydrogen) atoms. The van der Waals surface area contributed by atoms with Crippen LogP contribution in [0.1, 0.15) is 139 Å². The summed E-state index contributed by atoms with van der Waals surface area (Å²) in [7, 11) is 5.68. The zero-order valence-corrected chi connectivity index (χ0v) is 66.5. The lowest BCUT2D eigenvalue weighted by atomic mass is 9.83. The molecule has 0 N–H and O–H groups in total. The van der Waals surface area contributed by atoms with E-state index in [-0.39, 0.29) is 23.1 Å². The minimum atomic E-state index is -0.0686. The van der Waals surface area contributed by atoms with Crippen LogP contribution in [0, 0.1) is 13.8 Å². The van der Waals surface area contributed by atoms with Crippen molar-refractivity contribution in [3.05, 3.63) is 271 Å². The molecule has 6 aliphatic heterocycles. The van der Waals surface area contributed by atoms with Gasteiger partial charge in [-0.15, -0.1) is 0 Å². The van der Waals surface area contributed by atoms with Crippen molar-refractivity contribution in [1.29, 1.82) is 0 Å². The van der Waals surface area contributed by atoms with Gasteiger partial charge in [-0.25, -0.2) is 39.9 Å². The molecule has 0 bridgehead atoms. The predicted molar refractivity (Wildman–Crippen MR) is 454 cm³/mol. The Labute approximate surface area is 667 Å². The van der Waals surface area contributed by atoms with Gasteiger partial charge in [-0.1, -0.05) is 145 Å². The number of likely N-dealkylation sites (N-methyl/N-ethyl adjacent to an activating group) is 1. The summed E-state index contributed by atoms with van der Waals surface area (Å²) in [4.78, 5) is 106. The number of rotatable bonds is 12. The van der Waals surface area contributed by atoms with Crippen LogP contribution in [0.3, 0.4) is 0 Å². The minimum Gasteiger partial charge on any atom is -0.497 e. The molecular formula is C91H89N17O7. The van der Waals surface area contributed by atoms with Crippen LogP contribution in [0.4, 0.5) is 5.69 Å². The molecule has 2 saturated heterocycles. The van der Waals surface area contributed by atoms with E-state index in [1.165, 1.54) is 5.69 Å². The Balaban J connectivity index is 0.000000116. The van der Waals surface area contributed by atoms with Gasteiger partial charge < -0.3 is 43.4 Å². The number of anilines is 1. The highest BCUT2D eigenvalue weighted by Crippen LogP contribution is 2.43. The first-order valence-electron chi connectivity index (χ1n) is 39.4. The van der Waals surface area contributed by atoms with Crippen LogP contribution < -0.4 is 9.64 Å². The number of fused-ring (bicyclic) bond motifs is 13. The molecule has 19 rings (SSSR count). The summed E-state index contributed by atoms with van der Waals surface area (Å²) in [6.07, 6.45) is 0. The summed E-state index contributed by atoms with van der Waals surface area (Å²) >= 11 is 0. The maximum absolute atomic E-state index is 13.6. The summed E-state index contributed by atoms with van der Waals surface area (Å²) < 4.78 is 17.8. The van der Waals surface area contributed by atoms with Crippen LogP contribution in [0.2, 0.25) is 0 Å². The largest absolute Gasteiger partial charge is 0.497 e. The fourth-order valence-corrected chi connectivity index (χ4v) is 16.0. The SMILES string of the molecule is CCN(CC)C1=NC2=C(c3ccc(N4CCN(C)CC4)cc3)C(=O)c3ccccc3C2=N1.CCN(CC)C1=NC2=C(c3ccc(OC)cc3)C(=O)c3ccccc3C2=N1.CCN(CC)C1=NC2=C(c3nn(C)c4ccccc34)C(=O)c3ccccc3C2=N1.Cc1noc(C)c1C1=C2N=C(N3CCOCC3)N=C2c2ccccc2C1=O. The Morgan fingerprint density at radius 1 is 0.409 bits per heavy atom. The van der Waals surface area contributed by atoms with E-state index in [1.807, 2.05) is 171 Å². The number of Topliss-reactive ketones (excluding diaryl/α,β-unsaturated/α-hetero) is 4. The molecule has 24 nitrogen and oxygen atoms in total. The molecule has 2 fully saturated rings. The molecule has 0 saturated carbocycles. The maximum Gasteiger partial charge on any atom is 0.226 e. The van der Waals surface area contributed by atoms with Gasteiger partial charge in [0.05, 0.1) is 59.4 Å². The number of benzene rings is 7. The molecule has 10 aliphatic rings. The Morgan fingerprint density at radius 2 is 0.800 bits per heavy atom. The molecule has 0 amide bonds. The second kappa shape index (κ2) is 32.2. The summed E-state index contributed by atoms with van der Waals surface area (Å²) in [5.41, 5.74) is 19.9. The van der Waals surface area contributed by atoms with Crippen LogP contribution in [-0.4, -0.2) is 215 Å². The molecular weight excluding hydrogens is 1440 g/mol. The average molecular weight is 1530 g/mol. The van der Waals surface area contributed by atoms with Crippen molar-refractivity contribution < 1.29 is 33.2 Å². The van der Waals surface area contributed by atoms with Crippen molar-refractivity contribution in [2.75, 3.05) is 111 Å². The normalized spacial score (nSPS) is 17.0. The van der Waals surface area contributed by atoms with Crippen molar-refractivity contribution in [3.8, 4) is 5.75 Å². The first kappa shape index (κ1) is 76.0. The first-order chi connectivity index (χ1) is 56.1. The number of ether oxygens (including phenoxy) is 2. The highest BCUT2D eigenvalue weighted by atomic mass is 16.5. The number of para-hydroxylation sites is 1. The van der Waals surface area contributed by atoms with Gasteiger partial charge in [0, 0.05) is 141 Å². The van der Waals surface area contributed by atoms with Gasteiger partial charge in [0.1, 0.15) is 62.8 Å². The number of methoxy groups -OCH3 is 1. The third-order valence-electron chi connectivity index (χ3n) is 22.3. The molecule has 0 unspecified atom stereocenters. The molecule has 0 spiro atoms. The number of hydrogen-bond donors (Lipinski definition) is 0. The zero-order valence-electron chi connectivity index (χ0n) is 66.5. The van der Waals surface area contributed by atoms with Crippen molar-refractivity contribution >= 4 is 109 Å². The van der Waals surface area contributed by atoms with Crippen molar-refractivity contribution in [2.24, 2.45) is 47.0 Å². The van der Waals surface area contributed by atoms with Crippen molar-refractivity contribution in [3.63, 3.8) is 0 Å². The molecule has 2 aromatic heterocycles. The van der Waals surface area contributed by atoms with Gasteiger partial charge in [-0.3, -0.25) is 23.9 Å². The number of hydrogen-bond acceptors (Lipinski definition) is 23. The van der Waals surface area contributed by atoms with E-state index in [4.69, 9.17) is 59.0 Å². The van der Waals surface area contributed by atoms with E-state index >= 15 is 0 Å². The molecule has 24 heteroatoms. The molecule has 0 atom stereocenters. The maximum atomic E-state index is 13.6. The second-order valence-corrected chi connectivity index (χ2v) is 28.8. The van der Waals surface area contributed by atoms with E-state index in [1.54, 1.807) is 7.11 Å². The molecule has 9 aromatic rings. The number of piperazine rings is 1. The summed E-state index contributed by atoms with van der Waals surface area (Å²) in [5, 5.41) is 9.68. The molecule has 7 aromatic carbocycles. The number of morpholine rings is 1. The molecule has 0 radical (unpaired) electrons. The van der Waals surface area contributed by atoms with Gasteiger partial charge in [-0.05, 0) is 104 Å². The number of aryl methyl sites for hydroxylation is 3. The summed E-state index contributed by atoms with van der Waals surface area (Å²) in [5.74, 6) is 3.89. The number of carbonyl (C=O) groups excluding carboxylic acids is 4. The van der Waals surface area contributed by atoms with E-state index in [0.717, 1.165) is 151 Å². The Bertz CT molecular complexity index is 5850. The van der Waals surface area contributed by atoms with Crippen LogP contribution in [-0.2, 0) is 11.8 Å². The third-order valence-corrected chi connectivity index (χ3v) is 22.3. The van der Waals surface area contributed by atoms with Gasteiger partial charge in [-0.2, -0.15) is 5.10 Å². The van der Waals surface area contributed by atoms with E-state index < -0.39 is 0 Å². The molecule has 8 heterocycles. The summed E-state index contributed by atoms with van der Waals surface area (Å²) in [6.45, 7) is 28.0. The van der Waals surface area contributed by atoms with Gasteiger partial charge in [0.15, 0.2) is 23.1 Å². The monoisotopic (exact) mass is 1530 g/mol. The predicted octanol–water partition coefficient (Wildman–Crippen LogP) is 13.4. The lowest BCUT2D eigenvalue weighted by Gasteiger charge is -2.34. The van der Waals surface area contributed by atoms with E-state index in [0.29, 0.717) is 127 Å². The summed E-state index contributed by atoms with van der Waals surface area (Å²) in [6, 6.07) is 54.4. The average Bonchev–Trinajstić information content (AvgIpc) is 1.39. The minimum absolute atomic E-state index is 0.0192. The Kier molecular flexibility index (Phi) is 21.3. The lowest BCUT2D eigenvalue weighted by molar-refractivity contribution is 0.0677. The zero-order chi connectivity index (χ0) is 79.9. The van der Waals surface area contributed by atoms with Crippen molar-refractivity contribution in [1.82, 2.24) is 39.4 Å². The van der Waals surface area contributed by atoms with Crippen molar-refractivity contribution in [2.45, 2.75) is 55.4 Å². The topological polar surface area (TPSA) is 249 Å². The van der Waals surface area contributed by atoms with Crippen LogP contribution >= 0.6 is 0 Å². The number of aromatic nitrogens is 3. The van der Waals surface area contributed by atoms with Crippen LogP contribution in [0.15, 0.2) is 237 Å². The van der Waals surface area contributed by atoms with Crippen LogP contribution in [0.5, 0.6) is 5.75 Å². The lowest BCUT2D eigenvalue weighted by Crippen LogP contribution is -2.44. The number of nitrogens with zero attached hydrogens (tertiary/aromatic N) is 17. The van der Waals surface area contributed by atoms with Gasteiger partial charge in [0.2, 0.25) is 23.8 Å². The number of aliphatic imine (C=N–C) groups is 8. The smallest absolute Gasteiger partial charge is 0.226 e. The number of ketones is 4.